The summed E-state index contributed by atoms with van der Waals surface area (Å²) in [5.74, 6) is 2.98. The summed E-state index contributed by atoms with van der Waals surface area (Å²) < 4.78 is 5.16. The van der Waals surface area contributed by atoms with E-state index in [4.69, 9.17) is 21.5 Å². The summed E-state index contributed by atoms with van der Waals surface area (Å²) in [7, 11) is 0. The normalized spacial score (nSPS) is 10.1. The molecule has 0 spiro atoms. The van der Waals surface area contributed by atoms with Crippen molar-refractivity contribution in [2.75, 3.05) is 6.61 Å². The van der Waals surface area contributed by atoms with Crippen LogP contribution in [0, 0.1) is 23.7 Å². The summed E-state index contributed by atoms with van der Waals surface area (Å²) in [6.07, 6.45) is 5.81. The molecule has 0 radical (unpaired) electrons. The lowest BCUT2D eigenvalue weighted by Gasteiger charge is -2.02. The fourth-order valence-corrected chi connectivity index (χ4v) is 1.02. The van der Waals surface area contributed by atoms with Crippen molar-refractivity contribution in [2.24, 2.45) is 0 Å². The standard InChI is InChI=1S/C12H9NO2/c1-2-7-15-12-5-3-10(4-6-12)11(8-13)9-14/h1,3-6,9,14H,7H2/b11-9+. The average Bonchev–Trinajstić information content (AvgIpc) is 2.29. The van der Waals surface area contributed by atoms with Crippen LogP contribution in [-0.4, -0.2) is 11.7 Å². The van der Waals surface area contributed by atoms with E-state index in [1.165, 1.54) is 0 Å². The van der Waals surface area contributed by atoms with E-state index < -0.39 is 0 Å². The molecule has 0 amide bonds. The van der Waals surface area contributed by atoms with E-state index >= 15 is 0 Å². The topological polar surface area (TPSA) is 53.2 Å². The Morgan fingerprint density at radius 1 is 1.47 bits per heavy atom. The lowest BCUT2D eigenvalue weighted by molar-refractivity contribution is 0.370. The maximum absolute atomic E-state index is 8.75. The molecule has 0 saturated heterocycles. The van der Waals surface area contributed by atoms with Crippen molar-refractivity contribution in [2.45, 2.75) is 0 Å². The number of nitrogens with zero attached hydrogens (tertiary/aromatic N) is 1. The number of allylic oxidation sites excluding steroid dienone is 1. The minimum absolute atomic E-state index is 0.207. The van der Waals surface area contributed by atoms with E-state index in [1.54, 1.807) is 24.3 Å². The van der Waals surface area contributed by atoms with E-state index in [0.29, 0.717) is 11.3 Å². The quantitative estimate of drug-likeness (QED) is 0.461. The molecule has 1 N–H and O–H groups in total. The van der Waals surface area contributed by atoms with Crippen molar-refractivity contribution in [1.82, 2.24) is 0 Å². The SMILES string of the molecule is C#CCOc1ccc(/C(C#N)=C/O)cc1. The summed E-state index contributed by atoms with van der Waals surface area (Å²) in [4.78, 5) is 0. The molecule has 1 aromatic rings. The summed E-state index contributed by atoms with van der Waals surface area (Å²) in [5, 5.41) is 17.4. The number of hydrogen-bond donors (Lipinski definition) is 1. The highest BCUT2D eigenvalue weighted by atomic mass is 16.5. The van der Waals surface area contributed by atoms with Crippen LogP contribution >= 0.6 is 0 Å². The number of nitriles is 1. The molecule has 0 aliphatic carbocycles. The minimum atomic E-state index is 0.207. The Morgan fingerprint density at radius 2 is 2.13 bits per heavy atom. The number of aliphatic hydroxyl groups excluding tert-OH is 1. The van der Waals surface area contributed by atoms with E-state index in [1.807, 2.05) is 6.07 Å². The molecule has 0 bridgehead atoms. The molecular weight excluding hydrogens is 190 g/mol. The number of aliphatic hydroxyl groups is 1. The van der Waals surface area contributed by atoms with Gasteiger partial charge in [-0.2, -0.15) is 5.26 Å². The maximum Gasteiger partial charge on any atom is 0.148 e. The van der Waals surface area contributed by atoms with Crippen LogP contribution in [0.2, 0.25) is 0 Å². The Bertz CT molecular complexity index is 432. The Hall–Kier alpha value is -2.39. The minimum Gasteiger partial charge on any atom is -0.514 e. The van der Waals surface area contributed by atoms with Crippen molar-refractivity contribution < 1.29 is 9.84 Å². The van der Waals surface area contributed by atoms with Gasteiger partial charge in [0.05, 0.1) is 11.8 Å². The lowest BCUT2D eigenvalue weighted by atomic mass is 10.1. The maximum atomic E-state index is 8.75. The average molecular weight is 199 g/mol. The highest BCUT2D eigenvalue weighted by Gasteiger charge is 2.00. The predicted octanol–water partition coefficient (Wildman–Crippen LogP) is 2.12. The van der Waals surface area contributed by atoms with Gasteiger partial charge in [0.25, 0.3) is 0 Å². The first-order valence-corrected chi connectivity index (χ1v) is 4.23. The van der Waals surface area contributed by atoms with Crippen LogP contribution in [0.4, 0.5) is 0 Å². The Morgan fingerprint density at radius 3 is 2.60 bits per heavy atom. The van der Waals surface area contributed by atoms with Crippen LogP contribution in [-0.2, 0) is 0 Å². The molecule has 0 fully saturated rings. The molecule has 0 aromatic heterocycles. The zero-order chi connectivity index (χ0) is 11.1. The third-order valence-electron chi connectivity index (χ3n) is 1.74. The second kappa shape index (κ2) is 5.36. The van der Waals surface area contributed by atoms with Crippen LogP contribution in [0.3, 0.4) is 0 Å². The van der Waals surface area contributed by atoms with E-state index in [2.05, 4.69) is 5.92 Å². The van der Waals surface area contributed by atoms with Crippen LogP contribution in [0.5, 0.6) is 5.75 Å². The molecule has 15 heavy (non-hydrogen) atoms. The Balaban J connectivity index is 2.82. The summed E-state index contributed by atoms with van der Waals surface area (Å²) in [5.41, 5.74) is 0.839. The first-order chi connectivity index (χ1) is 7.31. The molecule has 3 heteroatoms. The molecular formula is C12H9NO2. The number of terminal acetylenes is 1. The number of ether oxygens (including phenoxy) is 1. The van der Waals surface area contributed by atoms with Gasteiger partial charge in [0, 0.05) is 0 Å². The van der Waals surface area contributed by atoms with Gasteiger partial charge in [-0.05, 0) is 29.8 Å². The fraction of sp³-hybridized carbons (Fsp3) is 0.0833. The van der Waals surface area contributed by atoms with E-state index in [0.717, 1.165) is 6.26 Å². The second-order valence-corrected chi connectivity index (χ2v) is 2.67. The highest BCUT2D eigenvalue weighted by Crippen LogP contribution is 2.17. The Kier molecular flexibility index (Phi) is 3.82. The molecule has 0 atom stereocenters. The lowest BCUT2D eigenvalue weighted by Crippen LogP contribution is -1.93. The third-order valence-corrected chi connectivity index (χ3v) is 1.74. The first kappa shape index (κ1) is 10.7. The molecule has 0 unspecified atom stereocenters. The molecule has 0 heterocycles. The highest BCUT2D eigenvalue weighted by molar-refractivity contribution is 5.75. The predicted molar refractivity (Wildman–Crippen MR) is 57.0 cm³/mol. The van der Waals surface area contributed by atoms with Crippen LogP contribution in [0.1, 0.15) is 5.56 Å². The van der Waals surface area contributed by atoms with Crippen LogP contribution in [0.25, 0.3) is 5.57 Å². The number of hydrogen-bond acceptors (Lipinski definition) is 3. The molecule has 74 valence electrons. The zero-order valence-electron chi connectivity index (χ0n) is 7.97. The fourth-order valence-electron chi connectivity index (χ4n) is 1.02. The van der Waals surface area contributed by atoms with Gasteiger partial charge in [0.1, 0.15) is 18.4 Å². The molecule has 0 aliphatic rings. The van der Waals surface area contributed by atoms with Gasteiger partial charge in [-0.1, -0.05) is 5.92 Å². The van der Waals surface area contributed by atoms with Crippen molar-refractivity contribution in [3.8, 4) is 24.2 Å². The second-order valence-electron chi connectivity index (χ2n) is 2.67. The number of benzene rings is 1. The first-order valence-electron chi connectivity index (χ1n) is 4.23. The van der Waals surface area contributed by atoms with Gasteiger partial charge in [-0.25, -0.2) is 0 Å². The number of rotatable bonds is 3. The van der Waals surface area contributed by atoms with Gasteiger partial charge in [-0.3, -0.25) is 0 Å². The van der Waals surface area contributed by atoms with Crippen LogP contribution in [0.15, 0.2) is 30.5 Å². The van der Waals surface area contributed by atoms with Crippen molar-refractivity contribution in [3.05, 3.63) is 36.1 Å². The van der Waals surface area contributed by atoms with Crippen LogP contribution < -0.4 is 4.74 Å². The van der Waals surface area contributed by atoms with Gasteiger partial charge in [-0.15, -0.1) is 6.42 Å². The van der Waals surface area contributed by atoms with Gasteiger partial charge in [0.15, 0.2) is 0 Å². The molecule has 1 aromatic carbocycles. The molecule has 1 rings (SSSR count). The van der Waals surface area contributed by atoms with Crippen molar-refractivity contribution in [1.29, 1.82) is 5.26 Å². The molecule has 3 nitrogen and oxygen atoms in total. The smallest absolute Gasteiger partial charge is 0.148 e. The summed E-state index contributed by atoms with van der Waals surface area (Å²) >= 11 is 0. The largest absolute Gasteiger partial charge is 0.514 e. The summed E-state index contributed by atoms with van der Waals surface area (Å²) in [6, 6.07) is 8.60. The van der Waals surface area contributed by atoms with Crippen molar-refractivity contribution in [3.63, 3.8) is 0 Å². The third kappa shape index (κ3) is 2.79. The zero-order valence-corrected chi connectivity index (χ0v) is 7.97. The van der Waals surface area contributed by atoms with Gasteiger partial charge >= 0.3 is 0 Å². The molecule has 0 saturated carbocycles. The van der Waals surface area contributed by atoms with E-state index in [9.17, 15) is 0 Å². The van der Waals surface area contributed by atoms with Gasteiger partial charge < -0.3 is 9.84 Å². The summed E-state index contributed by atoms with van der Waals surface area (Å²) in [6.45, 7) is 0.209. The monoisotopic (exact) mass is 199 g/mol. The van der Waals surface area contributed by atoms with Gasteiger partial charge in [0.2, 0.25) is 0 Å². The Labute approximate surface area is 88.2 Å². The molecule has 0 aliphatic heterocycles. The van der Waals surface area contributed by atoms with E-state index in [-0.39, 0.29) is 12.2 Å². The van der Waals surface area contributed by atoms with Crippen molar-refractivity contribution >= 4 is 5.57 Å².